The van der Waals surface area contributed by atoms with E-state index in [1.807, 2.05) is 0 Å². The molecule has 1 nitrogen and oxygen atoms in total. The molecule has 0 aliphatic carbocycles. The fourth-order valence-electron chi connectivity index (χ4n) is 1.65. The van der Waals surface area contributed by atoms with Gasteiger partial charge in [-0.05, 0) is 24.8 Å². The monoisotopic (exact) mass is 185 g/mol. The Labute approximate surface area is 84.1 Å². The summed E-state index contributed by atoms with van der Waals surface area (Å²) in [6, 6.07) is 0. The Bertz CT molecular complexity index is 99.3. The summed E-state index contributed by atoms with van der Waals surface area (Å²) in [5.74, 6) is 1.71. The summed E-state index contributed by atoms with van der Waals surface area (Å²) in [5.41, 5.74) is 5.50. The second-order valence-corrected chi connectivity index (χ2v) is 4.71. The lowest BCUT2D eigenvalue weighted by Gasteiger charge is -2.09. The number of hydrogen-bond donors (Lipinski definition) is 1. The quantitative estimate of drug-likeness (QED) is 0.575. The topological polar surface area (TPSA) is 26.0 Å². The molecular formula is C12H27N. The van der Waals surface area contributed by atoms with E-state index in [1.165, 1.54) is 38.5 Å². The zero-order chi connectivity index (χ0) is 10.1. The van der Waals surface area contributed by atoms with Crippen LogP contribution in [-0.4, -0.2) is 6.54 Å². The van der Waals surface area contributed by atoms with E-state index in [9.17, 15) is 0 Å². The van der Waals surface area contributed by atoms with E-state index in [1.54, 1.807) is 0 Å². The molecule has 0 saturated heterocycles. The van der Waals surface area contributed by atoms with Crippen molar-refractivity contribution in [3.8, 4) is 0 Å². The molecule has 0 radical (unpaired) electrons. The average molecular weight is 185 g/mol. The Balaban J connectivity index is 3.06. The highest BCUT2D eigenvalue weighted by molar-refractivity contribution is 4.55. The minimum absolute atomic E-state index is 0.837. The van der Waals surface area contributed by atoms with Crippen molar-refractivity contribution in [2.24, 2.45) is 17.6 Å². The van der Waals surface area contributed by atoms with Crippen molar-refractivity contribution in [1.82, 2.24) is 0 Å². The van der Waals surface area contributed by atoms with Gasteiger partial charge >= 0.3 is 0 Å². The van der Waals surface area contributed by atoms with Crippen LogP contribution in [0.15, 0.2) is 0 Å². The predicted octanol–water partition coefficient (Wildman–Crippen LogP) is 3.58. The van der Waals surface area contributed by atoms with Gasteiger partial charge in [-0.25, -0.2) is 0 Å². The maximum atomic E-state index is 5.50. The van der Waals surface area contributed by atoms with Gasteiger partial charge in [-0.3, -0.25) is 0 Å². The first-order valence-corrected chi connectivity index (χ1v) is 5.87. The van der Waals surface area contributed by atoms with Gasteiger partial charge in [0, 0.05) is 0 Å². The molecule has 1 heteroatoms. The fraction of sp³-hybridized carbons (Fsp3) is 1.00. The Morgan fingerprint density at radius 1 is 0.846 bits per heavy atom. The first-order chi connectivity index (χ1) is 6.16. The molecule has 80 valence electrons. The third kappa shape index (κ3) is 9.88. The van der Waals surface area contributed by atoms with E-state index in [2.05, 4.69) is 20.8 Å². The summed E-state index contributed by atoms with van der Waals surface area (Å²) in [6.07, 6.45) is 8.18. The number of hydrogen-bond acceptors (Lipinski definition) is 1. The van der Waals surface area contributed by atoms with Gasteiger partial charge in [0.05, 0.1) is 0 Å². The highest BCUT2D eigenvalue weighted by Gasteiger charge is 2.00. The van der Waals surface area contributed by atoms with Crippen molar-refractivity contribution in [1.29, 1.82) is 0 Å². The maximum Gasteiger partial charge on any atom is -0.00747 e. The van der Waals surface area contributed by atoms with Gasteiger partial charge < -0.3 is 5.73 Å². The predicted molar refractivity (Wildman–Crippen MR) is 60.8 cm³/mol. The molecule has 1 unspecified atom stereocenters. The number of rotatable bonds is 8. The minimum atomic E-state index is 0.837. The third-order valence-corrected chi connectivity index (χ3v) is 2.64. The summed E-state index contributed by atoms with van der Waals surface area (Å²) in [6.45, 7) is 7.77. The van der Waals surface area contributed by atoms with E-state index in [0.29, 0.717) is 0 Å². The summed E-state index contributed by atoms with van der Waals surface area (Å²) in [5, 5.41) is 0. The molecule has 0 bridgehead atoms. The Kier molecular flexibility index (Phi) is 8.53. The Morgan fingerprint density at radius 2 is 1.46 bits per heavy atom. The molecule has 0 aromatic rings. The molecule has 2 N–H and O–H groups in total. The molecule has 0 fully saturated rings. The minimum Gasteiger partial charge on any atom is -0.330 e. The van der Waals surface area contributed by atoms with Crippen LogP contribution in [0.5, 0.6) is 0 Å². The lowest BCUT2D eigenvalue weighted by molar-refractivity contribution is 0.450. The fourth-order valence-corrected chi connectivity index (χ4v) is 1.65. The summed E-state index contributed by atoms with van der Waals surface area (Å²) in [4.78, 5) is 0. The summed E-state index contributed by atoms with van der Waals surface area (Å²) in [7, 11) is 0. The van der Waals surface area contributed by atoms with Crippen LogP contribution in [0.25, 0.3) is 0 Å². The van der Waals surface area contributed by atoms with Crippen molar-refractivity contribution < 1.29 is 0 Å². The molecule has 0 amide bonds. The molecule has 0 aliphatic heterocycles. The van der Waals surface area contributed by atoms with Crippen LogP contribution in [0.1, 0.15) is 59.3 Å². The molecular weight excluding hydrogens is 158 g/mol. The Hall–Kier alpha value is -0.0400. The van der Waals surface area contributed by atoms with E-state index in [-0.39, 0.29) is 0 Å². The number of unbranched alkanes of at least 4 members (excludes halogenated alkanes) is 2. The van der Waals surface area contributed by atoms with Gasteiger partial charge in [0.15, 0.2) is 0 Å². The molecule has 0 aliphatic rings. The lowest BCUT2D eigenvalue weighted by atomic mass is 9.98. The van der Waals surface area contributed by atoms with Crippen LogP contribution < -0.4 is 5.73 Å². The van der Waals surface area contributed by atoms with Gasteiger partial charge in [-0.15, -0.1) is 0 Å². The van der Waals surface area contributed by atoms with E-state index >= 15 is 0 Å². The van der Waals surface area contributed by atoms with Gasteiger partial charge in [0.25, 0.3) is 0 Å². The molecule has 13 heavy (non-hydrogen) atoms. The van der Waals surface area contributed by atoms with Crippen LogP contribution in [0, 0.1) is 11.8 Å². The van der Waals surface area contributed by atoms with Crippen molar-refractivity contribution in [2.75, 3.05) is 6.54 Å². The highest BCUT2D eigenvalue weighted by atomic mass is 14.5. The molecule has 0 saturated carbocycles. The zero-order valence-electron chi connectivity index (χ0n) is 9.68. The van der Waals surface area contributed by atoms with Crippen LogP contribution in [0.3, 0.4) is 0 Å². The highest BCUT2D eigenvalue weighted by Crippen LogP contribution is 2.14. The molecule has 0 aromatic carbocycles. The van der Waals surface area contributed by atoms with Crippen molar-refractivity contribution in [3.05, 3.63) is 0 Å². The normalized spacial score (nSPS) is 13.6. The average Bonchev–Trinajstić information content (AvgIpc) is 2.03. The SMILES string of the molecule is CC(C)CCCCCC(C)CCN. The standard InChI is InChI=1S/C12H27N/c1-11(2)7-5-4-6-8-12(3)9-10-13/h11-12H,4-10,13H2,1-3H3. The number of nitrogens with two attached hydrogens (primary N) is 1. The van der Waals surface area contributed by atoms with Crippen LogP contribution in [0.4, 0.5) is 0 Å². The van der Waals surface area contributed by atoms with E-state index in [0.717, 1.165) is 18.4 Å². The van der Waals surface area contributed by atoms with Crippen molar-refractivity contribution in [3.63, 3.8) is 0 Å². The maximum absolute atomic E-state index is 5.50. The zero-order valence-corrected chi connectivity index (χ0v) is 9.68. The third-order valence-electron chi connectivity index (χ3n) is 2.64. The van der Waals surface area contributed by atoms with E-state index < -0.39 is 0 Å². The second kappa shape index (κ2) is 8.55. The van der Waals surface area contributed by atoms with Crippen molar-refractivity contribution >= 4 is 0 Å². The molecule has 0 aromatic heterocycles. The second-order valence-electron chi connectivity index (χ2n) is 4.71. The largest absolute Gasteiger partial charge is 0.330 e. The molecule has 0 rings (SSSR count). The summed E-state index contributed by atoms with van der Waals surface area (Å²) < 4.78 is 0. The Morgan fingerprint density at radius 3 is 2.00 bits per heavy atom. The molecule has 0 spiro atoms. The molecule has 1 atom stereocenters. The van der Waals surface area contributed by atoms with Gasteiger partial charge in [0.2, 0.25) is 0 Å². The smallest absolute Gasteiger partial charge is 0.00747 e. The van der Waals surface area contributed by atoms with Crippen molar-refractivity contribution in [2.45, 2.75) is 59.3 Å². The summed E-state index contributed by atoms with van der Waals surface area (Å²) >= 11 is 0. The molecule has 0 heterocycles. The van der Waals surface area contributed by atoms with Gasteiger partial charge in [-0.1, -0.05) is 52.9 Å². The van der Waals surface area contributed by atoms with Crippen LogP contribution >= 0.6 is 0 Å². The van der Waals surface area contributed by atoms with Gasteiger partial charge in [0.1, 0.15) is 0 Å². The van der Waals surface area contributed by atoms with E-state index in [4.69, 9.17) is 5.73 Å². The first-order valence-electron chi connectivity index (χ1n) is 5.87. The van der Waals surface area contributed by atoms with Crippen LogP contribution in [-0.2, 0) is 0 Å². The lowest BCUT2D eigenvalue weighted by Crippen LogP contribution is -2.05. The first kappa shape index (κ1) is 13.0. The van der Waals surface area contributed by atoms with Gasteiger partial charge in [-0.2, -0.15) is 0 Å². The van der Waals surface area contributed by atoms with Crippen LogP contribution in [0.2, 0.25) is 0 Å².